The van der Waals surface area contributed by atoms with Gasteiger partial charge in [-0.05, 0) is 43.0 Å². The molecule has 0 saturated heterocycles. The van der Waals surface area contributed by atoms with E-state index in [4.69, 9.17) is 9.47 Å². The molecule has 3 aromatic carbocycles. The average molecular weight is 620 g/mol. The molecule has 10 heteroatoms. The number of sulfonamides is 1. The average Bonchev–Trinajstić information content (AvgIpc) is 3.01. The van der Waals surface area contributed by atoms with Crippen LogP contribution in [0.2, 0.25) is 0 Å². The summed E-state index contributed by atoms with van der Waals surface area (Å²) in [6.07, 6.45) is 6.43. The number of aryl methyl sites for hydroxylation is 1. The van der Waals surface area contributed by atoms with Crippen molar-refractivity contribution < 1.29 is 27.5 Å². The van der Waals surface area contributed by atoms with Gasteiger partial charge >= 0.3 is 0 Å². The fourth-order valence-electron chi connectivity index (χ4n) is 5.91. The number of anilines is 1. The van der Waals surface area contributed by atoms with Gasteiger partial charge in [0.15, 0.2) is 11.5 Å². The third kappa shape index (κ3) is 8.11. The first-order valence-corrected chi connectivity index (χ1v) is 17.1. The van der Waals surface area contributed by atoms with Gasteiger partial charge < -0.3 is 19.7 Å². The molecule has 0 spiro atoms. The van der Waals surface area contributed by atoms with E-state index in [2.05, 4.69) is 5.32 Å². The summed E-state index contributed by atoms with van der Waals surface area (Å²) >= 11 is 0. The van der Waals surface area contributed by atoms with Crippen LogP contribution in [-0.4, -0.2) is 63.2 Å². The van der Waals surface area contributed by atoms with Crippen molar-refractivity contribution in [3.8, 4) is 11.5 Å². The van der Waals surface area contributed by atoms with Crippen molar-refractivity contribution in [3.63, 3.8) is 0 Å². The van der Waals surface area contributed by atoms with Crippen molar-refractivity contribution in [2.24, 2.45) is 0 Å². The van der Waals surface area contributed by atoms with Gasteiger partial charge in [0.2, 0.25) is 21.8 Å². The second-order valence-corrected chi connectivity index (χ2v) is 13.6. The van der Waals surface area contributed by atoms with Gasteiger partial charge in [-0.25, -0.2) is 8.42 Å². The first-order chi connectivity index (χ1) is 21.2. The lowest BCUT2D eigenvalue weighted by atomic mass is 9.94. The number of nitrogens with zero attached hydrogens (tertiary/aromatic N) is 2. The summed E-state index contributed by atoms with van der Waals surface area (Å²) in [4.78, 5) is 30.0. The largest absolute Gasteiger partial charge is 0.486 e. The van der Waals surface area contributed by atoms with E-state index in [9.17, 15) is 18.0 Å². The molecule has 1 fully saturated rings. The summed E-state index contributed by atoms with van der Waals surface area (Å²) < 4.78 is 38.6. The van der Waals surface area contributed by atoms with Crippen LogP contribution in [0, 0.1) is 6.92 Å². The van der Waals surface area contributed by atoms with Crippen LogP contribution < -0.4 is 19.1 Å². The van der Waals surface area contributed by atoms with E-state index >= 15 is 0 Å². The summed E-state index contributed by atoms with van der Waals surface area (Å²) in [6, 6.07) is 21.4. The lowest BCUT2D eigenvalue weighted by Crippen LogP contribution is -2.55. The van der Waals surface area contributed by atoms with Crippen LogP contribution >= 0.6 is 0 Å². The van der Waals surface area contributed by atoms with Crippen LogP contribution in [0.1, 0.15) is 48.8 Å². The van der Waals surface area contributed by atoms with Crippen LogP contribution in [0.4, 0.5) is 5.69 Å². The molecule has 2 aliphatic rings. The third-order valence-electron chi connectivity index (χ3n) is 8.15. The minimum absolute atomic E-state index is 0.0516. The summed E-state index contributed by atoms with van der Waals surface area (Å²) in [7, 11) is -3.89. The second-order valence-electron chi connectivity index (χ2n) is 11.7. The highest BCUT2D eigenvalue weighted by molar-refractivity contribution is 7.92. The number of rotatable bonds is 11. The predicted molar refractivity (Wildman–Crippen MR) is 170 cm³/mol. The Morgan fingerprint density at radius 3 is 2.30 bits per heavy atom. The predicted octanol–water partition coefficient (Wildman–Crippen LogP) is 4.62. The minimum atomic E-state index is -3.89. The molecule has 1 heterocycles. The molecule has 1 N–H and O–H groups in total. The van der Waals surface area contributed by atoms with Gasteiger partial charge in [-0.1, -0.05) is 79.4 Å². The van der Waals surface area contributed by atoms with E-state index in [-0.39, 0.29) is 24.2 Å². The molecule has 3 aromatic rings. The van der Waals surface area contributed by atoms with Gasteiger partial charge in [0.25, 0.3) is 0 Å². The number of fused-ring (bicyclic) bond motifs is 1. The standard InChI is InChI=1S/C34H41N3O6S/c1-25-10-9-13-27(20-25)23-36(30(21-26-11-5-3-6-12-26)34(39)35-28-14-7-4-8-15-28)33(38)24-37(44(2,40)41)29-16-17-31-32(22-29)43-19-18-42-31/h3,5-6,9-13,16-17,20,22,28,30H,4,7-8,14-15,18-19,21,23-24H2,1-2H3,(H,35,39). The Kier molecular flexibility index (Phi) is 10.1. The number of carbonyl (C=O) groups is 2. The summed E-state index contributed by atoms with van der Waals surface area (Å²) in [6.45, 7) is 2.39. The van der Waals surface area contributed by atoms with Crippen LogP contribution in [0.3, 0.4) is 0 Å². The zero-order valence-electron chi connectivity index (χ0n) is 25.4. The number of benzene rings is 3. The van der Waals surface area contributed by atoms with E-state index in [1.54, 1.807) is 18.2 Å². The number of hydrogen-bond donors (Lipinski definition) is 1. The first kappa shape index (κ1) is 31.4. The molecule has 1 atom stereocenters. The maximum atomic E-state index is 14.4. The Morgan fingerprint density at radius 1 is 0.886 bits per heavy atom. The molecule has 44 heavy (non-hydrogen) atoms. The van der Waals surface area contributed by atoms with Crippen molar-refractivity contribution in [2.45, 2.75) is 64.1 Å². The van der Waals surface area contributed by atoms with Gasteiger partial charge in [0.1, 0.15) is 25.8 Å². The molecule has 2 amide bonds. The topological polar surface area (TPSA) is 105 Å². The van der Waals surface area contributed by atoms with Gasteiger partial charge in [0.05, 0.1) is 11.9 Å². The molecule has 0 bridgehead atoms. The van der Waals surface area contributed by atoms with Crippen molar-refractivity contribution in [1.82, 2.24) is 10.2 Å². The van der Waals surface area contributed by atoms with Crippen molar-refractivity contribution >= 4 is 27.5 Å². The van der Waals surface area contributed by atoms with Crippen LogP contribution in [-0.2, 0) is 32.6 Å². The molecule has 0 radical (unpaired) electrons. The monoisotopic (exact) mass is 619 g/mol. The highest BCUT2D eigenvalue weighted by Gasteiger charge is 2.34. The van der Waals surface area contributed by atoms with E-state index in [0.29, 0.717) is 31.1 Å². The molecule has 0 aromatic heterocycles. The van der Waals surface area contributed by atoms with Crippen molar-refractivity contribution in [3.05, 3.63) is 89.5 Å². The number of ether oxygens (including phenoxy) is 2. The molecule has 1 saturated carbocycles. The normalized spacial score (nSPS) is 15.7. The quantitative estimate of drug-likeness (QED) is 0.336. The highest BCUT2D eigenvalue weighted by atomic mass is 32.2. The maximum absolute atomic E-state index is 14.4. The lowest BCUT2D eigenvalue weighted by Gasteiger charge is -2.35. The number of hydrogen-bond acceptors (Lipinski definition) is 6. The zero-order chi connectivity index (χ0) is 31.1. The third-order valence-corrected chi connectivity index (χ3v) is 9.29. The number of amides is 2. The lowest BCUT2D eigenvalue weighted by molar-refractivity contribution is -0.140. The molecule has 5 rings (SSSR count). The first-order valence-electron chi connectivity index (χ1n) is 15.2. The summed E-state index contributed by atoms with van der Waals surface area (Å²) in [5.41, 5.74) is 3.07. The Balaban J connectivity index is 1.50. The summed E-state index contributed by atoms with van der Waals surface area (Å²) in [5.74, 6) is 0.224. The Morgan fingerprint density at radius 2 is 1.59 bits per heavy atom. The molecule has 1 aliphatic carbocycles. The van der Waals surface area contributed by atoms with E-state index in [0.717, 1.165) is 59.4 Å². The number of nitrogens with one attached hydrogen (secondary N) is 1. The fourth-order valence-corrected chi connectivity index (χ4v) is 6.75. The Labute approximate surface area is 260 Å². The van der Waals surface area contributed by atoms with E-state index < -0.39 is 28.5 Å². The molecular weight excluding hydrogens is 578 g/mol. The molecule has 9 nitrogen and oxygen atoms in total. The molecule has 234 valence electrons. The van der Waals surface area contributed by atoms with Crippen LogP contribution in [0.15, 0.2) is 72.8 Å². The van der Waals surface area contributed by atoms with E-state index in [1.165, 1.54) is 4.90 Å². The molecular formula is C34H41N3O6S. The fraction of sp³-hybridized carbons (Fsp3) is 0.412. The van der Waals surface area contributed by atoms with Gasteiger partial charge in [-0.2, -0.15) is 0 Å². The van der Waals surface area contributed by atoms with Crippen molar-refractivity contribution in [1.29, 1.82) is 0 Å². The molecule has 1 unspecified atom stereocenters. The maximum Gasteiger partial charge on any atom is 0.244 e. The van der Waals surface area contributed by atoms with Crippen molar-refractivity contribution in [2.75, 3.05) is 30.3 Å². The highest BCUT2D eigenvalue weighted by Crippen LogP contribution is 2.35. The van der Waals surface area contributed by atoms with Gasteiger partial charge in [-0.3, -0.25) is 13.9 Å². The zero-order valence-corrected chi connectivity index (χ0v) is 26.2. The number of carbonyl (C=O) groups excluding carboxylic acids is 2. The second kappa shape index (κ2) is 14.2. The summed E-state index contributed by atoms with van der Waals surface area (Å²) in [5, 5.41) is 3.23. The van der Waals surface area contributed by atoms with Crippen LogP contribution in [0.5, 0.6) is 11.5 Å². The van der Waals surface area contributed by atoms with Crippen LogP contribution in [0.25, 0.3) is 0 Å². The van der Waals surface area contributed by atoms with Gasteiger partial charge in [-0.15, -0.1) is 0 Å². The SMILES string of the molecule is Cc1cccc(CN(C(=O)CN(c2ccc3c(c2)OCCO3)S(C)(=O)=O)C(Cc2ccccc2)C(=O)NC2CCCCC2)c1. The Hall–Kier alpha value is -4.05. The minimum Gasteiger partial charge on any atom is -0.486 e. The molecule has 1 aliphatic heterocycles. The van der Waals surface area contributed by atoms with Gasteiger partial charge in [0, 0.05) is 25.1 Å². The van der Waals surface area contributed by atoms with E-state index in [1.807, 2.05) is 61.5 Å². The Bertz CT molecular complexity index is 1560. The smallest absolute Gasteiger partial charge is 0.244 e.